The van der Waals surface area contributed by atoms with Crippen molar-refractivity contribution in [2.75, 3.05) is 10.8 Å². The lowest BCUT2D eigenvalue weighted by molar-refractivity contribution is -0.140. The Hall–Kier alpha value is -3.43. The zero-order valence-electron chi connectivity index (χ0n) is 22.4. The van der Waals surface area contributed by atoms with Crippen LogP contribution in [0.2, 0.25) is 5.02 Å². The Bertz CT molecular complexity index is 1400. The third-order valence-electron chi connectivity index (χ3n) is 6.15. The lowest BCUT2D eigenvalue weighted by atomic mass is 10.1. The molecule has 0 radical (unpaired) electrons. The normalized spacial score (nSPS) is 12.2. The molecule has 0 unspecified atom stereocenters. The molecule has 0 fully saturated rings. The van der Waals surface area contributed by atoms with Gasteiger partial charge in [0.2, 0.25) is 11.8 Å². The van der Waals surface area contributed by atoms with Crippen LogP contribution in [0.5, 0.6) is 0 Å². The van der Waals surface area contributed by atoms with E-state index in [9.17, 15) is 22.4 Å². The van der Waals surface area contributed by atoms with Gasteiger partial charge in [0, 0.05) is 17.6 Å². The second kappa shape index (κ2) is 13.1. The summed E-state index contributed by atoms with van der Waals surface area (Å²) in [6.07, 6.45) is 0.291. The highest BCUT2D eigenvalue weighted by atomic mass is 35.5. The predicted octanol–water partition coefficient (Wildman–Crippen LogP) is 5.31. The van der Waals surface area contributed by atoms with E-state index in [0.29, 0.717) is 28.3 Å². The van der Waals surface area contributed by atoms with Crippen LogP contribution < -0.4 is 9.62 Å². The number of anilines is 1. The number of rotatable bonds is 11. The molecule has 3 aromatic rings. The Morgan fingerprint density at radius 3 is 2.15 bits per heavy atom. The number of benzene rings is 3. The van der Waals surface area contributed by atoms with Crippen LogP contribution in [0.3, 0.4) is 0 Å². The third-order valence-corrected chi connectivity index (χ3v) is 8.17. The maximum atomic E-state index is 14.0. The van der Waals surface area contributed by atoms with Gasteiger partial charge in [-0.3, -0.25) is 13.9 Å². The number of aryl methyl sites for hydroxylation is 1. The van der Waals surface area contributed by atoms with Crippen LogP contribution in [-0.4, -0.2) is 43.8 Å². The first-order valence-corrected chi connectivity index (χ1v) is 14.4. The summed E-state index contributed by atoms with van der Waals surface area (Å²) in [5.41, 5.74) is 1.59. The van der Waals surface area contributed by atoms with E-state index in [2.05, 4.69) is 5.32 Å². The minimum atomic E-state index is -4.20. The van der Waals surface area contributed by atoms with Gasteiger partial charge < -0.3 is 10.2 Å². The number of sulfonamides is 1. The highest BCUT2D eigenvalue weighted by Crippen LogP contribution is 2.28. The molecule has 0 aromatic heterocycles. The van der Waals surface area contributed by atoms with Gasteiger partial charge in [0.05, 0.1) is 10.6 Å². The van der Waals surface area contributed by atoms with Crippen LogP contribution in [0.15, 0.2) is 77.7 Å². The molecule has 0 saturated carbocycles. The number of halogens is 2. The van der Waals surface area contributed by atoms with E-state index in [1.54, 1.807) is 38.1 Å². The molecule has 39 heavy (non-hydrogen) atoms. The van der Waals surface area contributed by atoms with Crippen molar-refractivity contribution in [3.63, 3.8) is 0 Å². The van der Waals surface area contributed by atoms with Gasteiger partial charge in [0.25, 0.3) is 10.0 Å². The lowest BCUT2D eigenvalue weighted by Gasteiger charge is -2.34. The van der Waals surface area contributed by atoms with Gasteiger partial charge in [-0.2, -0.15) is 0 Å². The van der Waals surface area contributed by atoms with Gasteiger partial charge >= 0.3 is 0 Å². The molecule has 1 atom stereocenters. The summed E-state index contributed by atoms with van der Waals surface area (Å²) in [7, 11) is -4.20. The Morgan fingerprint density at radius 2 is 1.59 bits per heavy atom. The molecule has 0 spiro atoms. The van der Waals surface area contributed by atoms with Crippen LogP contribution in [0.1, 0.15) is 38.3 Å². The van der Waals surface area contributed by atoms with E-state index in [1.165, 1.54) is 53.4 Å². The maximum absolute atomic E-state index is 14.0. The molecule has 7 nitrogen and oxygen atoms in total. The van der Waals surface area contributed by atoms with Gasteiger partial charge in [0.15, 0.2) is 0 Å². The minimum Gasteiger partial charge on any atom is -0.352 e. The van der Waals surface area contributed by atoms with Crippen molar-refractivity contribution in [1.29, 1.82) is 0 Å². The average molecular weight is 574 g/mol. The van der Waals surface area contributed by atoms with Gasteiger partial charge in [-0.1, -0.05) is 48.9 Å². The topological polar surface area (TPSA) is 86.8 Å². The molecular formula is C29H33ClFN3O4S. The number of carbonyl (C=O) groups excluding carboxylic acids is 2. The summed E-state index contributed by atoms with van der Waals surface area (Å²) in [6.45, 7) is 6.60. The monoisotopic (exact) mass is 573 g/mol. The number of amides is 2. The molecule has 0 aliphatic carbocycles. The molecule has 0 saturated heterocycles. The standard InChI is InChI=1S/C29H33ClFN3O4S/c1-5-26(29(36)32-20(2)3)33(18-22-10-14-24(31)15-11-22)28(35)19-34(27-9-7-6-8-21(27)4)39(37,38)25-16-12-23(30)13-17-25/h6-17,20,26H,5,18-19H2,1-4H3,(H,32,36)/t26-/m1/s1. The molecule has 0 aliphatic heterocycles. The first-order valence-electron chi connectivity index (χ1n) is 12.6. The van der Waals surface area contributed by atoms with E-state index in [0.717, 1.165) is 4.31 Å². The van der Waals surface area contributed by atoms with Crippen molar-refractivity contribution in [2.45, 2.75) is 57.6 Å². The molecule has 0 heterocycles. The van der Waals surface area contributed by atoms with Gasteiger partial charge in [-0.15, -0.1) is 0 Å². The number of nitrogens with one attached hydrogen (secondary N) is 1. The molecule has 2 amide bonds. The quantitative estimate of drug-likeness (QED) is 0.337. The zero-order valence-corrected chi connectivity index (χ0v) is 24.0. The van der Waals surface area contributed by atoms with Crippen molar-refractivity contribution in [2.24, 2.45) is 0 Å². The van der Waals surface area contributed by atoms with Crippen LogP contribution in [0, 0.1) is 12.7 Å². The summed E-state index contributed by atoms with van der Waals surface area (Å²) in [6, 6.07) is 17.1. The summed E-state index contributed by atoms with van der Waals surface area (Å²) in [5.74, 6) is -1.36. The number of hydrogen-bond donors (Lipinski definition) is 1. The Labute approximate surface area is 234 Å². The molecule has 10 heteroatoms. The summed E-state index contributed by atoms with van der Waals surface area (Å²) in [5, 5.41) is 3.22. The second-order valence-corrected chi connectivity index (χ2v) is 11.8. The fraction of sp³-hybridized carbons (Fsp3) is 0.310. The van der Waals surface area contributed by atoms with Gasteiger partial charge in [0.1, 0.15) is 18.4 Å². The van der Waals surface area contributed by atoms with Crippen molar-refractivity contribution in [3.05, 3.63) is 94.8 Å². The van der Waals surface area contributed by atoms with Crippen LogP contribution in [0.4, 0.5) is 10.1 Å². The lowest BCUT2D eigenvalue weighted by Crippen LogP contribution is -2.53. The Morgan fingerprint density at radius 1 is 0.974 bits per heavy atom. The van der Waals surface area contributed by atoms with E-state index in [-0.39, 0.29) is 23.4 Å². The summed E-state index contributed by atoms with van der Waals surface area (Å²) < 4.78 is 42.3. The van der Waals surface area contributed by atoms with Crippen molar-refractivity contribution >= 4 is 39.1 Å². The predicted molar refractivity (Wildman–Crippen MR) is 151 cm³/mol. The van der Waals surface area contributed by atoms with Crippen LogP contribution >= 0.6 is 11.6 Å². The van der Waals surface area contributed by atoms with Gasteiger partial charge in [-0.05, 0) is 80.8 Å². The molecule has 3 aromatic carbocycles. The summed E-state index contributed by atoms with van der Waals surface area (Å²) in [4.78, 5) is 28.4. The van der Waals surface area contributed by atoms with E-state index in [1.807, 2.05) is 13.8 Å². The molecule has 0 aliphatic rings. The minimum absolute atomic E-state index is 0.00819. The number of carbonyl (C=O) groups is 2. The fourth-order valence-corrected chi connectivity index (χ4v) is 5.78. The second-order valence-electron chi connectivity index (χ2n) is 9.49. The molecule has 1 N–H and O–H groups in total. The highest BCUT2D eigenvalue weighted by Gasteiger charge is 2.34. The van der Waals surface area contributed by atoms with Crippen molar-refractivity contribution in [1.82, 2.24) is 10.2 Å². The Balaban J connectivity index is 2.07. The third kappa shape index (κ3) is 7.58. The van der Waals surface area contributed by atoms with E-state index >= 15 is 0 Å². The number of hydrogen-bond acceptors (Lipinski definition) is 4. The van der Waals surface area contributed by atoms with E-state index in [4.69, 9.17) is 11.6 Å². The molecule has 3 rings (SSSR count). The highest BCUT2D eigenvalue weighted by molar-refractivity contribution is 7.92. The van der Waals surface area contributed by atoms with Crippen LogP contribution in [-0.2, 0) is 26.2 Å². The molecule has 208 valence electrons. The van der Waals surface area contributed by atoms with E-state index < -0.39 is 34.3 Å². The molecule has 0 bridgehead atoms. The Kier molecular flexibility index (Phi) is 10.1. The first kappa shape index (κ1) is 30.1. The number of nitrogens with zero attached hydrogens (tertiary/aromatic N) is 2. The maximum Gasteiger partial charge on any atom is 0.264 e. The van der Waals surface area contributed by atoms with Crippen LogP contribution in [0.25, 0.3) is 0 Å². The van der Waals surface area contributed by atoms with Gasteiger partial charge in [-0.25, -0.2) is 12.8 Å². The van der Waals surface area contributed by atoms with Crippen molar-refractivity contribution in [3.8, 4) is 0 Å². The smallest absolute Gasteiger partial charge is 0.264 e. The fourth-order valence-electron chi connectivity index (χ4n) is 4.18. The first-order chi connectivity index (χ1) is 18.4. The zero-order chi connectivity index (χ0) is 28.7. The van der Waals surface area contributed by atoms with Crippen molar-refractivity contribution < 1.29 is 22.4 Å². The SMILES string of the molecule is CC[C@H](C(=O)NC(C)C)N(Cc1ccc(F)cc1)C(=O)CN(c1ccccc1C)S(=O)(=O)c1ccc(Cl)cc1. The largest absolute Gasteiger partial charge is 0.352 e. The average Bonchev–Trinajstić information content (AvgIpc) is 2.88. The summed E-state index contributed by atoms with van der Waals surface area (Å²) >= 11 is 5.98. The molecular weight excluding hydrogens is 541 g/mol. The number of para-hydroxylation sites is 1.